The molecule has 0 saturated carbocycles. The molecule has 4 nitrogen and oxygen atoms in total. The first-order valence-electron chi connectivity index (χ1n) is 6.06. The van der Waals surface area contributed by atoms with Gasteiger partial charge in [-0.3, -0.25) is 0 Å². The van der Waals surface area contributed by atoms with Crippen LogP contribution in [0.4, 0.5) is 5.69 Å². The van der Waals surface area contributed by atoms with E-state index < -0.39 is 0 Å². The van der Waals surface area contributed by atoms with E-state index >= 15 is 0 Å². The Kier molecular flexibility index (Phi) is 3.29. The molecule has 0 unspecified atom stereocenters. The van der Waals surface area contributed by atoms with Gasteiger partial charge in [0.05, 0.1) is 11.4 Å². The van der Waals surface area contributed by atoms with Crippen LogP contribution in [0.2, 0.25) is 0 Å². The normalized spacial score (nSPS) is 10.6. The van der Waals surface area contributed by atoms with Gasteiger partial charge in [-0.2, -0.15) is 5.10 Å². The van der Waals surface area contributed by atoms with E-state index in [1.807, 2.05) is 29.5 Å². The molecule has 2 heterocycles. The fraction of sp³-hybridized carbons (Fsp3) is 0.143. The Morgan fingerprint density at radius 1 is 1.21 bits per heavy atom. The Hall–Kier alpha value is -2.14. The van der Waals surface area contributed by atoms with E-state index in [2.05, 4.69) is 40.5 Å². The van der Waals surface area contributed by atoms with Crippen LogP contribution in [0.1, 0.15) is 9.75 Å². The summed E-state index contributed by atoms with van der Waals surface area (Å²) in [5.41, 5.74) is 2.06. The van der Waals surface area contributed by atoms with Gasteiger partial charge in [0.1, 0.15) is 12.7 Å². The summed E-state index contributed by atoms with van der Waals surface area (Å²) in [5.74, 6) is 0. The van der Waals surface area contributed by atoms with E-state index in [0.717, 1.165) is 17.9 Å². The molecule has 19 heavy (non-hydrogen) atoms. The second-order valence-electron chi connectivity index (χ2n) is 4.22. The molecule has 0 saturated heterocycles. The molecule has 0 fully saturated rings. The summed E-state index contributed by atoms with van der Waals surface area (Å²) >= 11 is 1.81. The van der Waals surface area contributed by atoms with E-state index in [4.69, 9.17) is 0 Å². The van der Waals surface area contributed by atoms with Crippen LogP contribution in [0.15, 0.2) is 49.1 Å². The molecule has 96 valence electrons. The largest absolute Gasteiger partial charge is 0.378 e. The number of anilines is 1. The highest BCUT2D eigenvalue weighted by Gasteiger charge is 2.04. The highest BCUT2D eigenvalue weighted by Crippen LogP contribution is 2.21. The topological polar surface area (TPSA) is 42.7 Å². The first-order chi connectivity index (χ1) is 9.33. The second-order valence-corrected chi connectivity index (χ2v) is 5.60. The zero-order valence-corrected chi connectivity index (χ0v) is 11.4. The summed E-state index contributed by atoms with van der Waals surface area (Å²) in [6.45, 7) is 2.95. The predicted octanol–water partition coefficient (Wildman–Crippen LogP) is 3.25. The van der Waals surface area contributed by atoms with E-state index in [1.165, 1.54) is 9.75 Å². The fourth-order valence-electron chi connectivity index (χ4n) is 1.92. The Morgan fingerprint density at radius 2 is 2.11 bits per heavy atom. The molecule has 1 N–H and O–H groups in total. The summed E-state index contributed by atoms with van der Waals surface area (Å²) in [4.78, 5) is 6.65. The van der Waals surface area contributed by atoms with Gasteiger partial charge in [0.25, 0.3) is 0 Å². The molecule has 2 aromatic heterocycles. The van der Waals surface area contributed by atoms with E-state index in [-0.39, 0.29) is 0 Å². The molecule has 1 aromatic carbocycles. The van der Waals surface area contributed by atoms with Crippen molar-refractivity contribution < 1.29 is 0 Å². The molecule has 3 rings (SSSR count). The number of hydrogen-bond donors (Lipinski definition) is 1. The molecule has 0 spiro atoms. The molecule has 3 aromatic rings. The molecule has 0 radical (unpaired) electrons. The monoisotopic (exact) mass is 270 g/mol. The first-order valence-corrected chi connectivity index (χ1v) is 6.88. The van der Waals surface area contributed by atoms with Crippen molar-refractivity contribution in [2.45, 2.75) is 13.5 Å². The lowest BCUT2D eigenvalue weighted by Gasteiger charge is -2.10. The maximum absolute atomic E-state index is 4.17. The average molecular weight is 270 g/mol. The molecule has 0 amide bonds. The minimum Gasteiger partial charge on any atom is -0.378 e. The van der Waals surface area contributed by atoms with Gasteiger partial charge >= 0.3 is 0 Å². The number of nitrogens with one attached hydrogen (secondary N) is 1. The van der Waals surface area contributed by atoms with Crippen molar-refractivity contribution in [2.75, 3.05) is 5.32 Å². The maximum atomic E-state index is 4.17. The second kappa shape index (κ2) is 5.24. The van der Waals surface area contributed by atoms with Gasteiger partial charge in [-0.05, 0) is 31.2 Å². The van der Waals surface area contributed by atoms with Crippen LogP contribution >= 0.6 is 11.3 Å². The van der Waals surface area contributed by atoms with Crippen molar-refractivity contribution in [1.82, 2.24) is 14.8 Å². The lowest BCUT2D eigenvalue weighted by atomic mass is 10.2. The van der Waals surface area contributed by atoms with Gasteiger partial charge < -0.3 is 5.32 Å². The predicted molar refractivity (Wildman–Crippen MR) is 77.7 cm³/mol. The zero-order valence-electron chi connectivity index (χ0n) is 10.6. The van der Waals surface area contributed by atoms with Crippen molar-refractivity contribution in [3.63, 3.8) is 0 Å². The van der Waals surface area contributed by atoms with Gasteiger partial charge in [0.15, 0.2) is 0 Å². The summed E-state index contributed by atoms with van der Waals surface area (Å²) in [6.07, 6.45) is 3.25. The third-order valence-corrected chi connectivity index (χ3v) is 3.82. The number of benzene rings is 1. The van der Waals surface area contributed by atoms with Crippen LogP contribution in [0.5, 0.6) is 0 Å². The highest BCUT2D eigenvalue weighted by molar-refractivity contribution is 7.11. The molecule has 0 atom stereocenters. The van der Waals surface area contributed by atoms with E-state index in [9.17, 15) is 0 Å². The summed E-state index contributed by atoms with van der Waals surface area (Å²) in [7, 11) is 0. The van der Waals surface area contributed by atoms with Gasteiger partial charge in [-0.25, -0.2) is 9.67 Å². The van der Waals surface area contributed by atoms with Crippen LogP contribution in [0.25, 0.3) is 5.69 Å². The lowest BCUT2D eigenvalue weighted by Crippen LogP contribution is -2.03. The Morgan fingerprint density at radius 3 is 2.84 bits per heavy atom. The molecule has 0 aliphatic carbocycles. The van der Waals surface area contributed by atoms with Crippen LogP contribution < -0.4 is 5.32 Å². The molecule has 0 bridgehead atoms. The van der Waals surface area contributed by atoms with Crippen LogP contribution in [0, 0.1) is 6.92 Å². The quantitative estimate of drug-likeness (QED) is 0.791. The number of aryl methyl sites for hydroxylation is 1. The fourth-order valence-corrected chi connectivity index (χ4v) is 2.75. The first kappa shape index (κ1) is 11.9. The SMILES string of the molecule is Cc1ccc(CNc2ccccc2-n2cncn2)s1. The number of aromatic nitrogens is 3. The third-order valence-electron chi connectivity index (χ3n) is 2.82. The zero-order chi connectivity index (χ0) is 13.1. The third kappa shape index (κ3) is 2.66. The minimum absolute atomic E-state index is 0.824. The smallest absolute Gasteiger partial charge is 0.138 e. The summed E-state index contributed by atoms with van der Waals surface area (Å²) in [5, 5.41) is 7.63. The molecule has 0 aliphatic heterocycles. The van der Waals surface area contributed by atoms with E-state index in [1.54, 1.807) is 17.3 Å². The van der Waals surface area contributed by atoms with E-state index in [0.29, 0.717) is 0 Å². The number of nitrogens with zero attached hydrogens (tertiary/aromatic N) is 3. The summed E-state index contributed by atoms with van der Waals surface area (Å²) in [6, 6.07) is 12.4. The molecular weight excluding hydrogens is 256 g/mol. The molecular formula is C14H14N4S. The van der Waals surface area contributed by atoms with Crippen molar-refractivity contribution in [2.24, 2.45) is 0 Å². The number of thiophene rings is 1. The van der Waals surface area contributed by atoms with Gasteiger partial charge in [0, 0.05) is 16.3 Å². The van der Waals surface area contributed by atoms with Crippen LogP contribution in [0.3, 0.4) is 0 Å². The van der Waals surface area contributed by atoms with Gasteiger partial charge in [-0.1, -0.05) is 12.1 Å². The van der Waals surface area contributed by atoms with Crippen molar-refractivity contribution in [1.29, 1.82) is 0 Å². The van der Waals surface area contributed by atoms with Crippen LogP contribution in [-0.2, 0) is 6.54 Å². The molecule has 5 heteroatoms. The van der Waals surface area contributed by atoms with Crippen molar-refractivity contribution in [3.8, 4) is 5.69 Å². The summed E-state index contributed by atoms with van der Waals surface area (Å²) < 4.78 is 1.77. The lowest BCUT2D eigenvalue weighted by molar-refractivity contribution is 0.878. The number of rotatable bonds is 4. The van der Waals surface area contributed by atoms with Gasteiger partial charge in [0.2, 0.25) is 0 Å². The Bertz CT molecular complexity index is 658. The highest BCUT2D eigenvalue weighted by atomic mass is 32.1. The van der Waals surface area contributed by atoms with Crippen LogP contribution in [-0.4, -0.2) is 14.8 Å². The van der Waals surface area contributed by atoms with Gasteiger partial charge in [-0.15, -0.1) is 11.3 Å². The number of para-hydroxylation sites is 2. The van der Waals surface area contributed by atoms with Crippen molar-refractivity contribution >= 4 is 17.0 Å². The van der Waals surface area contributed by atoms with Crippen molar-refractivity contribution in [3.05, 3.63) is 58.8 Å². The number of hydrogen-bond acceptors (Lipinski definition) is 4. The maximum Gasteiger partial charge on any atom is 0.138 e. The average Bonchev–Trinajstić information content (AvgIpc) is 3.08. The molecule has 0 aliphatic rings. The minimum atomic E-state index is 0.824. The Balaban J connectivity index is 1.81. The Labute approximate surface area is 115 Å². The standard InChI is InChI=1S/C14H14N4S/c1-11-6-7-12(19-11)8-16-13-4-2-3-5-14(13)18-10-15-9-17-18/h2-7,9-10,16H,8H2,1H3.